The SMILES string of the molecule is O=C(NCC(F)(F)F)N[C@H](Cc1ccc(O)cc1)C(=O)O. The van der Waals surface area contributed by atoms with Gasteiger partial charge in [-0.15, -0.1) is 0 Å². The highest BCUT2D eigenvalue weighted by Gasteiger charge is 2.28. The zero-order valence-corrected chi connectivity index (χ0v) is 10.6. The van der Waals surface area contributed by atoms with Gasteiger partial charge in [0.25, 0.3) is 0 Å². The minimum atomic E-state index is -4.58. The molecule has 1 aromatic carbocycles. The first-order valence-corrected chi connectivity index (χ1v) is 5.79. The van der Waals surface area contributed by atoms with Crippen LogP contribution in [0.2, 0.25) is 0 Å². The summed E-state index contributed by atoms with van der Waals surface area (Å²) < 4.78 is 35.7. The number of phenolic OH excluding ortho intramolecular Hbond substituents is 1. The molecule has 0 saturated heterocycles. The smallest absolute Gasteiger partial charge is 0.405 e. The molecule has 0 aliphatic heterocycles. The Bertz CT molecular complexity index is 502. The summed E-state index contributed by atoms with van der Waals surface area (Å²) in [5, 5.41) is 21.5. The van der Waals surface area contributed by atoms with Gasteiger partial charge in [0.05, 0.1) is 0 Å². The van der Waals surface area contributed by atoms with Crippen molar-refractivity contribution >= 4 is 12.0 Å². The molecule has 6 nitrogen and oxygen atoms in total. The van der Waals surface area contributed by atoms with Gasteiger partial charge < -0.3 is 20.8 Å². The molecule has 0 aromatic heterocycles. The fraction of sp³-hybridized carbons (Fsp3) is 0.333. The number of aromatic hydroxyl groups is 1. The van der Waals surface area contributed by atoms with Crippen molar-refractivity contribution in [1.29, 1.82) is 0 Å². The Morgan fingerprint density at radius 1 is 1.19 bits per heavy atom. The first-order chi connectivity index (χ1) is 9.67. The Labute approximate surface area is 117 Å². The van der Waals surface area contributed by atoms with Crippen molar-refractivity contribution < 1.29 is 33.0 Å². The van der Waals surface area contributed by atoms with Crippen LogP contribution in [0.5, 0.6) is 5.75 Å². The number of phenols is 1. The van der Waals surface area contributed by atoms with Crippen LogP contribution in [-0.4, -0.2) is 41.0 Å². The number of nitrogens with one attached hydrogen (secondary N) is 2. The third-order valence-electron chi connectivity index (χ3n) is 2.43. The van der Waals surface area contributed by atoms with E-state index in [1.807, 2.05) is 5.32 Å². The van der Waals surface area contributed by atoms with Crippen LogP contribution in [0.4, 0.5) is 18.0 Å². The average molecular weight is 306 g/mol. The second-order valence-corrected chi connectivity index (χ2v) is 4.20. The molecule has 116 valence electrons. The van der Waals surface area contributed by atoms with Crippen molar-refractivity contribution in [2.75, 3.05) is 6.54 Å². The summed E-state index contributed by atoms with van der Waals surface area (Å²) in [6, 6.07) is 2.94. The Morgan fingerprint density at radius 2 is 1.76 bits per heavy atom. The maximum Gasteiger partial charge on any atom is 0.405 e. The molecule has 2 amide bonds. The second-order valence-electron chi connectivity index (χ2n) is 4.20. The fourth-order valence-electron chi connectivity index (χ4n) is 1.46. The number of benzene rings is 1. The monoisotopic (exact) mass is 306 g/mol. The lowest BCUT2D eigenvalue weighted by atomic mass is 10.1. The molecule has 0 aliphatic carbocycles. The standard InChI is InChI=1S/C12H13F3N2O4/c13-12(14,15)6-16-11(21)17-9(10(19)20)5-7-1-3-8(18)4-2-7/h1-4,9,18H,5-6H2,(H,19,20)(H2,16,17,21)/t9-/m1/s1. The van der Waals surface area contributed by atoms with Crippen LogP contribution >= 0.6 is 0 Å². The number of carbonyl (C=O) groups excluding carboxylic acids is 1. The zero-order valence-electron chi connectivity index (χ0n) is 10.6. The van der Waals surface area contributed by atoms with Crippen LogP contribution in [0, 0.1) is 0 Å². The number of alkyl halides is 3. The van der Waals surface area contributed by atoms with Gasteiger partial charge >= 0.3 is 18.2 Å². The molecule has 1 aromatic rings. The minimum absolute atomic E-state index is 0.0125. The van der Waals surface area contributed by atoms with Gasteiger partial charge in [-0.2, -0.15) is 13.2 Å². The number of halogens is 3. The number of carboxylic acid groups (broad SMARTS) is 1. The van der Waals surface area contributed by atoms with E-state index in [0.29, 0.717) is 5.56 Å². The van der Waals surface area contributed by atoms with E-state index in [2.05, 4.69) is 0 Å². The molecule has 0 bridgehead atoms. The maximum absolute atomic E-state index is 11.9. The molecule has 0 saturated carbocycles. The predicted octanol–water partition coefficient (Wildman–Crippen LogP) is 1.25. The van der Waals surface area contributed by atoms with Crippen LogP contribution in [-0.2, 0) is 11.2 Å². The number of aliphatic carboxylic acids is 1. The lowest BCUT2D eigenvalue weighted by molar-refractivity contribution is -0.139. The zero-order chi connectivity index (χ0) is 16.0. The average Bonchev–Trinajstić information content (AvgIpc) is 2.37. The molecule has 9 heteroatoms. The third kappa shape index (κ3) is 6.50. The van der Waals surface area contributed by atoms with Gasteiger partial charge in [-0.25, -0.2) is 9.59 Å². The molecule has 0 fully saturated rings. The highest BCUT2D eigenvalue weighted by molar-refractivity contribution is 5.82. The summed E-state index contributed by atoms with van der Waals surface area (Å²) in [5.41, 5.74) is 0.497. The van der Waals surface area contributed by atoms with Crippen LogP contribution in [0.25, 0.3) is 0 Å². The number of hydrogen-bond donors (Lipinski definition) is 4. The van der Waals surface area contributed by atoms with E-state index in [1.54, 1.807) is 0 Å². The van der Waals surface area contributed by atoms with Crippen LogP contribution in [0.1, 0.15) is 5.56 Å². The minimum Gasteiger partial charge on any atom is -0.508 e. The Hall–Kier alpha value is -2.45. The lowest BCUT2D eigenvalue weighted by Crippen LogP contribution is -2.49. The number of urea groups is 1. The van der Waals surface area contributed by atoms with Crippen molar-refractivity contribution in [3.8, 4) is 5.75 Å². The van der Waals surface area contributed by atoms with E-state index in [4.69, 9.17) is 10.2 Å². The van der Waals surface area contributed by atoms with Crippen molar-refractivity contribution in [3.05, 3.63) is 29.8 Å². The van der Waals surface area contributed by atoms with E-state index in [-0.39, 0.29) is 12.2 Å². The molecule has 1 atom stereocenters. The number of amides is 2. The summed E-state index contributed by atoms with van der Waals surface area (Å²) in [6.45, 7) is -1.55. The number of rotatable bonds is 5. The summed E-state index contributed by atoms with van der Waals surface area (Å²) in [6.07, 6.45) is -4.71. The van der Waals surface area contributed by atoms with Gasteiger partial charge in [-0.3, -0.25) is 0 Å². The summed E-state index contributed by atoms with van der Waals surface area (Å²) in [4.78, 5) is 22.2. The molecule has 0 spiro atoms. The highest BCUT2D eigenvalue weighted by Crippen LogP contribution is 2.13. The van der Waals surface area contributed by atoms with Gasteiger partial charge in [-0.05, 0) is 17.7 Å². The van der Waals surface area contributed by atoms with E-state index in [1.165, 1.54) is 29.6 Å². The Kier molecular flexibility index (Phi) is 5.39. The van der Waals surface area contributed by atoms with E-state index in [9.17, 15) is 22.8 Å². The quantitative estimate of drug-likeness (QED) is 0.658. The molecule has 0 aliphatic rings. The maximum atomic E-state index is 11.9. The molecule has 4 N–H and O–H groups in total. The molecule has 0 heterocycles. The predicted molar refractivity (Wildman–Crippen MR) is 65.8 cm³/mol. The first kappa shape index (κ1) is 16.6. The Balaban J connectivity index is 2.59. The van der Waals surface area contributed by atoms with Crippen molar-refractivity contribution in [1.82, 2.24) is 10.6 Å². The molecular formula is C12H13F3N2O4. The molecule has 0 unspecified atom stereocenters. The summed E-state index contributed by atoms with van der Waals surface area (Å²) in [7, 11) is 0. The summed E-state index contributed by atoms with van der Waals surface area (Å²) in [5.74, 6) is -1.40. The van der Waals surface area contributed by atoms with Crippen LogP contribution in [0.3, 0.4) is 0 Å². The van der Waals surface area contributed by atoms with Crippen molar-refractivity contribution in [2.24, 2.45) is 0 Å². The largest absolute Gasteiger partial charge is 0.508 e. The third-order valence-corrected chi connectivity index (χ3v) is 2.43. The van der Waals surface area contributed by atoms with Crippen LogP contribution < -0.4 is 10.6 Å². The fourth-order valence-corrected chi connectivity index (χ4v) is 1.46. The highest BCUT2D eigenvalue weighted by atomic mass is 19.4. The normalized spacial score (nSPS) is 12.5. The Morgan fingerprint density at radius 3 is 2.24 bits per heavy atom. The van der Waals surface area contributed by atoms with Crippen molar-refractivity contribution in [3.63, 3.8) is 0 Å². The molecular weight excluding hydrogens is 293 g/mol. The van der Waals surface area contributed by atoms with Gasteiger partial charge in [-0.1, -0.05) is 12.1 Å². The molecule has 1 rings (SSSR count). The lowest BCUT2D eigenvalue weighted by Gasteiger charge is -2.16. The van der Waals surface area contributed by atoms with Crippen molar-refractivity contribution in [2.45, 2.75) is 18.6 Å². The van der Waals surface area contributed by atoms with E-state index >= 15 is 0 Å². The molecule has 21 heavy (non-hydrogen) atoms. The summed E-state index contributed by atoms with van der Waals surface area (Å²) >= 11 is 0. The van der Waals surface area contributed by atoms with E-state index < -0.39 is 30.8 Å². The van der Waals surface area contributed by atoms with Gasteiger partial charge in [0.2, 0.25) is 0 Å². The second kappa shape index (κ2) is 6.82. The van der Waals surface area contributed by atoms with E-state index in [0.717, 1.165) is 0 Å². The van der Waals surface area contributed by atoms with Gasteiger partial charge in [0, 0.05) is 6.42 Å². The first-order valence-electron chi connectivity index (χ1n) is 5.79. The van der Waals surface area contributed by atoms with Crippen LogP contribution in [0.15, 0.2) is 24.3 Å². The topological polar surface area (TPSA) is 98.7 Å². The number of hydrogen-bond acceptors (Lipinski definition) is 3. The van der Waals surface area contributed by atoms with Gasteiger partial charge in [0.15, 0.2) is 0 Å². The molecule has 0 radical (unpaired) electrons. The van der Waals surface area contributed by atoms with Gasteiger partial charge in [0.1, 0.15) is 18.3 Å². The number of carbonyl (C=O) groups is 2. The number of carboxylic acids is 1.